The lowest BCUT2D eigenvalue weighted by molar-refractivity contribution is 0.0700. The molecule has 1 unspecified atom stereocenters. The smallest absolute Gasteiger partial charge is 0.0252 e. The molecule has 2 aliphatic rings. The molecule has 2 rings (SSSR count). The summed E-state index contributed by atoms with van der Waals surface area (Å²) in [5.74, 6) is 0.921. The van der Waals surface area contributed by atoms with Crippen LogP contribution in [-0.4, -0.2) is 60.6 Å². The highest BCUT2D eigenvalue weighted by molar-refractivity contribution is 4.91. The maximum Gasteiger partial charge on any atom is 0.0252 e. The summed E-state index contributed by atoms with van der Waals surface area (Å²) in [5.41, 5.74) is 0.288. The first-order valence-corrected chi connectivity index (χ1v) is 7.71. The third kappa shape index (κ3) is 3.69. The van der Waals surface area contributed by atoms with E-state index >= 15 is 0 Å². The second kappa shape index (κ2) is 5.89. The molecule has 106 valence electrons. The van der Waals surface area contributed by atoms with Crippen molar-refractivity contribution in [3.05, 3.63) is 0 Å². The molecule has 0 aromatic carbocycles. The maximum atomic E-state index is 3.64. The van der Waals surface area contributed by atoms with Crippen molar-refractivity contribution >= 4 is 0 Å². The van der Waals surface area contributed by atoms with E-state index in [0.717, 1.165) is 12.5 Å². The molecular formula is C15H31N3. The van der Waals surface area contributed by atoms with Crippen molar-refractivity contribution in [2.24, 2.45) is 5.92 Å². The lowest BCUT2D eigenvalue weighted by Gasteiger charge is -2.45. The Morgan fingerprint density at radius 1 is 1.22 bits per heavy atom. The van der Waals surface area contributed by atoms with Crippen molar-refractivity contribution in [3.63, 3.8) is 0 Å². The highest BCUT2D eigenvalue weighted by Gasteiger charge is 2.31. The molecule has 0 amide bonds. The zero-order chi connectivity index (χ0) is 13.2. The van der Waals surface area contributed by atoms with Crippen molar-refractivity contribution in [1.82, 2.24) is 15.1 Å². The topological polar surface area (TPSA) is 18.5 Å². The predicted molar refractivity (Wildman–Crippen MR) is 78.0 cm³/mol. The fourth-order valence-corrected chi connectivity index (χ4v) is 3.33. The van der Waals surface area contributed by atoms with Gasteiger partial charge in [0.1, 0.15) is 0 Å². The van der Waals surface area contributed by atoms with Gasteiger partial charge in [0.15, 0.2) is 0 Å². The van der Waals surface area contributed by atoms with Crippen molar-refractivity contribution in [1.29, 1.82) is 0 Å². The summed E-state index contributed by atoms with van der Waals surface area (Å²) < 4.78 is 0. The van der Waals surface area contributed by atoms with E-state index in [1.807, 2.05) is 0 Å². The van der Waals surface area contributed by atoms with Gasteiger partial charge in [-0.1, -0.05) is 6.92 Å². The van der Waals surface area contributed by atoms with E-state index in [0.29, 0.717) is 6.04 Å². The lowest BCUT2D eigenvalue weighted by atomic mass is 9.93. The van der Waals surface area contributed by atoms with E-state index in [1.165, 1.54) is 45.6 Å². The second-order valence-corrected chi connectivity index (χ2v) is 6.92. The van der Waals surface area contributed by atoms with Gasteiger partial charge in [-0.3, -0.25) is 4.90 Å². The molecule has 1 N–H and O–H groups in total. The van der Waals surface area contributed by atoms with Gasteiger partial charge >= 0.3 is 0 Å². The van der Waals surface area contributed by atoms with E-state index in [1.54, 1.807) is 0 Å². The average Bonchev–Trinajstić information content (AvgIpc) is 2.35. The molecule has 18 heavy (non-hydrogen) atoms. The van der Waals surface area contributed by atoms with E-state index in [2.05, 4.69) is 42.8 Å². The molecule has 2 aliphatic heterocycles. The number of piperidine rings is 1. The third-order valence-electron chi connectivity index (χ3n) is 4.74. The molecule has 2 saturated heterocycles. The minimum Gasteiger partial charge on any atom is -0.309 e. The monoisotopic (exact) mass is 253 g/mol. The normalized spacial score (nSPS) is 31.7. The zero-order valence-electron chi connectivity index (χ0n) is 12.7. The van der Waals surface area contributed by atoms with Gasteiger partial charge in [0.25, 0.3) is 0 Å². The van der Waals surface area contributed by atoms with Crippen molar-refractivity contribution in [2.75, 3.05) is 39.3 Å². The minimum atomic E-state index is 0.288. The largest absolute Gasteiger partial charge is 0.309 e. The summed E-state index contributed by atoms with van der Waals surface area (Å²) >= 11 is 0. The van der Waals surface area contributed by atoms with Crippen LogP contribution >= 0.6 is 0 Å². The summed E-state index contributed by atoms with van der Waals surface area (Å²) in [5, 5.41) is 3.64. The number of nitrogens with zero attached hydrogens (tertiary/aromatic N) is 2. The summed E-state index contributed by atoms with van der Waals surface area (Å²) in [6.07, 6.45) is 2.79. The van der Waals surface area contributed by atoms with Gasteiger partial charge < -0.3 is 10.2 Å². The standard InChI is InChI=1S/C15H31N3/c1-5-17-8-6-14(7-9-17)11-18-12-15(3,4)16-10-13(18)2/h13-14,16H,5-12H2,1-4H3. The predicted octanol–water partition coefficient (Wildman–Crippen LogP) is 1.79. The Kier molecular flexibility index (Phi) is 4.68. The fourth-order valence-electron chi connectivity index (χ4n) is 3.33. The average molecular weight is 253 g/mol. The highest BCUT2D eigenvalue weighted by atomic mass is 15.2. The van der Waals surface area contributed by atoms with Crippen LogP contribution < -0.4 is 5.32 Å². The Balaban J connectivity index is 1.81. The highest BCUT2D eigenvalue weighted by Crippen LogP contribution is 2.22. The van der Waals surface area contributed by atoms with Crippen LogP contribution in [0.5, 0.6) is 0 Å². The van der Waals surface area contributed by atoms with E-state index in [9.17, 15) is 0 Å². The van der Waals surface area contributed by atoms with Crippen LogP contribution in [0.25, 0.3) is 0 Å². The van der Waals surface area contributed by atoms with Crippen LogP contribution in [0.2, 0.25) is 0 Å². The zero-order valence-corrected chi connectivity index (χ0v) is 12.7. The summed E-state index contributed by atoms with van der Waals surface area (Å²) in [4.78, 5) is 5.30. The van der Waals surface area contributed by atoms with Gasteiger partial charge in [0.2, 0.25) is 0 Å². The first-order valence-electron chi connectivity index (χ1n) is 7.71. The van der Waals surface area contributed by atoms with Gasteiger partial charge in [-0.25, -0.2) is 0 Å². The Labute approximate surface area is 113 Å². The number of hydrogen-bond donors (Lipinski definition) is 1. The van der Waals surface area contributed by atoms with Crippen LogP contribution in [-0.2, 0) is 0 Å². The minimum absolute atomic E-state index is 0.288. The summed E-state index contributed by atoms with van der Waals surface area (Å²) in [7, 11) is 0. The van der Waals surface area contributed by atoms with E-state index in [-0.39, 0.29) is 5.54 Å². The number of hydrogen-bond acceptors (Lipinski definition) is 3. The molecule has 0 aromatic rings. The Hall–Kier alpha value is -0.120. The molecule has 0 bridgehead atoms. The van der Waals surface area contributed by atoms with Gasteiger partial charge in [0, 0.05) is 31.2 Å². The van der Waals surface area contributed by atoms with Crippen molar-refractivity contribution < 1.29 is 0 Å². The van der Waals surface area contributed by atoms with Gasteiger partial charge in [-0.15, -0.1) is 0 Å². The number of rotatable bonds is 3. The molecular weight excluding hydrogens is 222 g/mol. The first-order chi connectivity index (χ1) is 8.50. The van der Waals surface area contributed by atoms with Gasteiger partial charge in [0.05, 0.1) is 0 Å². The number of piperazine rings is 1. The summed E-state index contributed by atoms with van der Waals surface area (Å²) in [6, 6.07) is 0.697. The molecule has 0 radical (unpaired) electrons. The van der Waals surface area contributed by atoms with Gasteiger partial charge in [-0.05, 0) is 59.2 Å². The molecule has 0 aromatic heterocycles. The number of nitrogens with one attached hydrogen (secondary N) is 1. The molecule has 3 heteroatoms. The molecule has 0 saturated carbocycles. The van der Waals surface area contributed by atoms with Crippen molar-refractivity contribution in [2.45, 2.75) is 52.1 Å². The SMILES string of the molecule is CCN1CCC(CN2CC(C)(C)NCC2C)CC1. The molecule has 1 atom stereocenters. The maximum absolute atomic E-state index is 3.64. The van der Waals surface area contributed by atoms with Crippen LogP contribution in [0, 0.1) is 5.92 Å². The van der Waals surface area contributed by atoms with Gasteiger partial charge in [-0.2, -0.15) is 0 Å². The second-order valence-electron chi connectivity index (χ2n) is 6.92. The lowest BCUT2D eigenvalue weighted by Crippen LogP contribution is -2.61. The number of likely N-dealkylation sites (tertiary alicyclic amines) is 1. The quantitative estimate of drug-likeness (QED) is 0.827. The molecule has 0 spiro atoms. The fraction of sp³-hybridized carbons (Fsp3) is 1.00. The molecule has 2 heterocycles. The van der Waals surface area contributed by atoms with E-state index < -0.39 is 0 Å². The van der Waals surface area contributed by atoms with Crippen LogP contribution in [0.1, 0.15) is 40.5 Å². The van der Waals surface area contributed by atoms with Crippen molar-refractivity contribution in [3.8, 4) is 0 Å². The Morgan fingerprint density at radius 2 is 1.89 bits per heavy atom. The summed E-state index contributed by atoms with van der Waals surface area (Å²) in [6.45, 7) is 16.8. The van der Waals surface area contributed by atoms with E-state index in [4.69, 9.17) is 0 Å². The molecule has 3 nitrogen and oxygen atoms in total. The molecule has 0 aliphatic carbocycles. The first kappa shape index (κ1) is 14.3. The van der Waals surface area contributed by atoms with Crippen LogP contribution in [0.3, 0.4) is 0 Å². The molecule has 2 fully saturated rings. The third-order valence-corrected chi connectivity index (χ3v) is 4.74. The van der Waals surface area contributed by atoms with Crippen LogP contribution in [0.4, 0.5) is 0 Å². The Bertz CT molecular complexity index is 256. The Morgan fingerprint density at radius 3 is 2.50 bits per heavy atom. The van der Waals surface area contributed by atoms with Crippen LogP contribution in [0.15, 0.2) is 0 Å².